The molecule has 0 rings (SSSR count). The standard InChI is InChI=1S/C11H24O/c1-5-6-9(2)7-8-10(3)11(4)12/h9-12H,5-8H2,1-4H3. The smallest absolute Gasteiger partial charge is 0.0537 e. The van der Waals surface area contributed by atoms with E-state index < -0.39 is 0 Å². The zero-order valence-corrected chi connectivity index (χ0v) is 9.01. The highest BCUT2D eigenvalue weighted by atomic mass is 16.3. The minimum absolute atomic E-state index is 0.140. The summed E-state index contributed by atoms with van der Waals surface area (Å²) in [5, 5.41) is 9.26. The Bertz CT molecular complexity index is 99.2. The van der Waals surface area contributed by atoms with Gasteiger partial charge in [-0.25, -0.2) is 0 Å². The highest BCUT2D eigenvalue weighted by Crippen LogP contribution is 2.18. The molecule has 0 fully saturated rings. The molecule has 0 amide bonds. The van der Waals surface area contributed by atoms with Gasteiger partial charge in [0.1, 0.15) is 0 Å². The summed E-state index contributed by atoms with van der Waals surface area (Å²) >= 11 is 0. The highest BCUT2D eigenvalue weighted by molar-refractivity contribution is 4.61. The van der Waals surface area contributed by atoms with Crippen LogP contribution in [0.15, 0.2) is 0 Å². The maximum absolute atomic E-state index is 9.26. The van der Waals surface area contributed by atoms with Crippen LogP contribution in [0.5, 0.6) is 0 Å². The van der Waals surface area contributed by atoms with Gasteiger partial charge in [-0.2, -0.15) is 0 Å². The van der Waals surface area contributed by atoms with Gasteiger partial charge in [-0.3, -0.25) is 0 Å². The molecule has 0 aliphatic rings. The summed E-state index contributed by atoms with van der Waals surface area (Å²) < 4.78 is 0. The molecule has 0 bridgehead atoms. The largest absolute Gasteiger partial charge is 0.393 e. The van der Waals surface area contributed by atoms with Crippen LogP contribution >= 0.6 is 0 Å². The summed E-state index contributed by atoms with van der Waals surface area (Å²) in [6, 6.07) is 0. The van der Waals surface area contributed by atoms with E-state index in [0.29, 0.717) is 5.92 Å². The second-order valence-corrected chi connectivity index (χ2v) is 4.19. The number of aliphatic hydroxyl groups excluding tert-OH is 1. The Balaban J connectivity index is 3.40. The molecular weight excluding hydrogens is 148 g/mol. The molecule has 3 unspecified atom stereocenters. The molecule has 0 heterocycles. The molecule has 0 radical (unpaired) electrons. The minimum atomic E-state index is -0.140. The first-order chi connectivity index (χ1) is 5.57. The SMILES string of the molecule is CCCC(C)CCC(C)C(C)O. The van der Waals surface area contributed by atoms with E-state index in [1.807, 2.05) is 6.92 Å². The molecule has 0 aliphatic heterocycles. The second-order valence-electron chi connectivity index (χ2n) is 4.19. The van der Waals surface area contributed by atoms with Gasteiger partial charge in [-0.1, -0.05) is 40.0 Å². The van der Waals surface area contributed by atoms with Crippen LogP contribution < -0.4 is 0 Å². The van der Waals surface area contributed by atoms with Crippen molar-refractivity contribution in [2.24, 2.45) is 11.8 Å². The lowest BCUT2D eigenvalue weighted by molar-refractivity contribution is 0.125. The lowest BCUT2D eigenvalue weighted by atomic mass is 9.93. The van der Waals surface area contributed by atoms with Gasteiger partial charge < -0.3 is 5.11 Å². The first-order valence-corrected chi connectivity index (χ1v) is 5.26. The predicted octanol–water partition coefficient (Wildman–Crippen LogP) is 3.22. The van der Waals surface area contributed by atoms with Crippen LogP contribution in [0.2, 0.25) is 0 Å². The number of hydrogen-bond acceptors (Lipinski definition) is 1. The van der Waals surface area contributed by atoms with Gasteiger partial charge in [-0.05, 0) is 25.2 Å². The van der Waals surface area contributed by atoms with Crippen LogP contribution in [-0.2, 0) is 0 Å². The summed E-state index contributed by atoms with van der Waals surface area (Å²) in [6.45, 7) is 8.55. The van der Waals surface area contributed by atoms with E-state index in [0.717, 1.165) is 5.92 Å². The molecule has 0 spiro atoms. The van der Waals surface area contributed by atoms with Crippen molar-refractivity contribution in [2.75, 3.05) is 0 Å². The molecule has 12 heavy (non-hydrogen) atoms. The summed E-state index contributed by atoms with van der Waals surface area (Å²) in [5.41, 5.74) is 0. The molecule has 1 nitrogen and oxygen atoms in total. The van der Waals surface area contributed by atoms with Crippen molar-refractivity contribution in [2.45, 2.75) is 59.5 Å². The Labute approximate surface area is 77.2 Å². The zero-order valence-electron chi connectivity index (χ0n) is 9.01. The van der Waals surface area contributed by atoms with E-state index in [1.54, 1.807) is 0 Å². The van der Waals surface area contributed by atoms with Gasteiger partial charge in [0.15, 0.2) is 0 Å². The Morgan fingerprint density at radius 1 is 1.00 bits per heavy atom. The fraction of sp³-hybridized carbons (Fsp3) is 1.00. The quantitative estimate of drug-likeness (QED) is 0.652. The Morgan fingerprint density at radius 2 is 1.58 bits per heavy atom. The fourth-order valence-corrected chi connectivity index (χ4v) is 1.43. The zero-order chi connectivity index (χ0) is 9.56. The van der Waals surface area contributed by atoms with Crippen molar-refractivity contribution in [3.8, 4) is 0 Å². The van der Waals surface area contributed by atoms with Crippen LogP contribution in [0.4, 0.5) is 0 Å². The van der Waals surface area contributed by atoms with Crippen LogP contribution in [0.25, 0.3) is 0 Å². The molecule has 0 aromatic rings. The number of rotatable bonds is 6. The molecule has 74 valence electrons. The van der Waals surface area contributed by atoms with Gasteiger partial charge in [0, 0.05) is 0 Å². The van der Waals surface area contributed by atoms with Crippen LogP contribution in [0.1, 0.15) is 53.4 Å². The van der Waals surface area contributed by atoms with Gasteiger partial charge in [0.25, 0.3) is 0 Å². The van der Waals surface area contributed by atoms with Gasteiger partial charge >= 0.3 is 0 Å². The average Bonchev–Trinajstić information content (AvgIpc) is 2.00. The molecule has 0 saturated heterocycles. The summed E-state index contributed by atoms with van der Waals surface area (Å²) in [6.07, 6.45) is 4.90. The fourth-order valence-electron chi connectivity index (χ4n) is 1.43. The van der Waals surface area contributed by atoms with Crippen molar-refractivity contribution in [3.05, 3.63) is 0 Å². The highest BCUT2D eigenvalue weighted by Gasteiger charge is 2.10. The van der Waals surface area contributed by atoms with E-state index in [2.05, 4.69) is 20.8 Å². The predicted molar refractivity (Wildman–Crippen MR) is 54.2 cm³/mol. The van der Waals surface area contributed by atoms with E-state index in [1.165, 1.54) is 25.7 Å². The maximum atomic E-state index is 9.26. The molecular formula is C11H24O. The molecule has 0 aliphatic carbocycles. The summed E-state index contributed by atoms with van der Waals surface area (Å²) in [5.74, 6) is 1.29. The van der Waals surface area contributed by atoms with Crippen molar-refractivity contribution < 1.29 is 5.11 Å². The van der Waals surface area contributed by atoms with Crippen LogP contribution in [-0.4, -0.2) is 11.2 Å². The van der Waals surface area contributed by atoms with Gasteiger partial charge in [0.2, 0.25) is 0 Å². The number of hydrogen-bond donors (Lipinski definition) is 1. The van der Waals surface area contributed by atoms with E-state index >= 15 is 0 Å². The van der Waals surface area contributed by atoms with Crippen LogP contribution in [0, 0.1) is 11.8 Å². The molecule has 0 aromatic heterocycles. The Hall–Kier alpha value is -0.0400. The molecule has 1 N–H and O–H groups in total. The third kappa shape index (κ3) is 5.59. The first-order valence-electron chi connectivity index (χ1n) is 5.26. The van der Waals surface area contributed by atoms with Crippen molar-refractivity contribution in [1.82, 2.24) is 0 Å². The lowest BCUT2D eigenvalue weighted by Gasteiger charge is -2.16. The van der Waals surface area contributed by atoms with E-state index in [4.69, 9.17) is 0 Å². The molecule has 0 aromatic carbocycles. The third-order valence-electron chi connectivity index (χ3n) is 2.72. The monoisotopic (exact) mass is 172 g/mol. The van der Waals surface area contributed by atoms with Crippen molar-refractivity contribution in [1.29, 1.82) is 0 Å². The first kappa shape index (κ1) is 12.0. The summed E-state index contributed by atoms with van der Waals surface area (Å²) in [4.78, 5) is 0. The van der Waals surface area contributed by atoms with Crippen molar-refractivity contribution in [3.63, 3.8) is 0 Å². The Kier molecular flexibility index (Phi) is 6.45. The third-order valence-corrected chi connectivity index (χ3v) is 2.72. The van der Waals surface area contributed by atoms with E-state index in [9.17, 15) is 5.11 Å². The number of aliphatic hydroxyl groups is 1. The maximum Gasteiger partial charge on any atom is 0.0537 e. The second kappa shape index (κ2) is 6.47. The van der Waals surface area contributed by atoms with E-state index in [-0.39, 0.29) is 6.10 Å². The molecule has 0 saturated carbocycles. The van der Waals surface area contributed by atoms with Crippen LogP contribution in [0.3, 0.4) is 0 Å². The van der Waals surface area contributed by atoms with Gasteiger partial charge in [0.05, 0.1) is 6.10 Å². The van der Waals surface area contributed by atoms with Gasteiger partial charge in [-0.15, -0.1) is 0 Å². The summed E-state index contributed by atoms with van der Waals surface area (Å²) in [7, 11) is 0. The minimum Gasteiger partial charge on any atom is -0.393 e. The average molecular weight is 172 g/mol. The molecule has 3 atom stereocenters. The normalized spacial score (nSPS) is 18.8. The lowest BCUT2D eigenvalue weighted by Crippen LogP contribution is -2.13. The topological polar surface area (TPSA) is 20.2 Å². The Morgan fingerprint density at radius 3 is 2.00 bits per heavy atom. The molecule has 1 heteroatoms. The van der Waals surface area contributed by atoms with Crippen molar-refractivity contribution >= 4 is 0 Å².